The van der Waals surface area contributed by atoms with Crippen molar-refractivity contribution in [3.8, 4) is 0 Å². The van der Waals surface area contributed by atoms with Crippen molar-refractivity contribution in [2.75, 3.05) is 0 Å². The van der Waals surface area contributed by atoms with Crippen molar-refractivity contribution in [2.24, 2.45) is 13.0 Å². The molecule has 1 aliphatic carbocycles. The molecule has 0 bridgehead atoms. The van der Waals surface area contributed by atoms with E-state index in [0.717, 1.165) is 10.3 Å². The molecule has 26 heavy (non-hydrogen) atoms. The molecule has 2 aromatic rings. The summed E-state index contributed by atoms with van der Waals surface area (Å²) in [4.78, 5) is 42.7. The number of hydrogen-bond donors (Lipinski definition) is 3. The van der Waals surface area contributed by atoms with Gasteiger partial charge in [0.15, 0.2) is 0 Å². The molecule has 0 saturated heterocycles. The average molecular weight is 358 g/mol. The molecule has 1 atom stereocenters. The first-order valence-electron chi connectivity index (χ1n) is 8.59. The summed E-state index contributed by atoms with van der Waals surface area (Å²) in [5.74, 6) is -0.120. The maximum Gasteiger partial charge on any atom is 0.328 e. The summed E-state index contributed by atoms with van der Waals surface area (Å²) < 4.78 is 0.941. The monoisotopic (exact) mass is 358 g/mol. The molecule has 2 heterocycles. The molecule has 1 unspecified atom stereocenters. The second kappa shape index (κ2) is 7.65. The van der Waals surface area contributed by atoms with Gasteiger partial charge in [-0.2, -0.15) is 0 Å². The molecule has 8 nitrogen and oxygen atoms in total. The molecule has 0 radical (unpaired) electrons. The molecule has 3 rings (SSSR count). The number of pyridine rings is 1. The molecule has 1 fully saturated rings. The number of rotatable bonds is 6. The van der Waals surface area contributed by atoms with Gasteiger partial charge in [-0.05, 0) is 30.9 Å². The number of H-pyrrole nitrogens is 1. The second-order valence-corrected chi connectivity index (χ2v) is 6.74. The molecule has 138 valence electrons. The summed E-state index contributed by atoms with van der Waals surface area (Å²) in [6.45, 7) is 0. The molecular formula is C18H22N4O4. The molecular weight excluding hydrogens is 336 g/mol. The topological polar surface area (TPSA) is 117 Å². The number of carbonyl (C=O) groups excluding carboxylic acids is 1. The fourth-order valence-electron chi connectivity index (χ4n) is 3.21. The molecule has 8 heteroatoms. The molecule has 1 amide bonds. The van der Waals surface area contributed by atoms with Gasteiger partial charge in [0.05, 0.1) is 12.5 Å². The zero-order chi connectivity index (χ0) is 18.7. The smallest absolute Gasteiger partial charge is 0.328 e. The number of hydrogen-bond acceptors (Lipinski definition) is 5. The van der Waals surface area contributed by atoms with E-state index >= 15 is 0 Å². The second-order valence-electron chi connectivity index (χ2n) is 6.74. The first-order chi connectivity index (χ1) is 12.4. The van der Waals surface area contributed by atoms with E-state index in [2.05, 4.69) is 15.3 Å². The minimum atomic E-state index is -0.518. The Hall–Kier alpha value is -2.74. The first-order valence-corrected chi connectivity index (χ1v) is 8.59. The molecule has 0 aliphatic heterocycles. The number of aromatic nitrogens is 3. The maximum atomic E-state index is 12.5. The van der Waals surface area contributed by atoms with Gasteiger partial charge in [0.25, 0.3) is 5.56 Å². The van der Waals surface area contributed by atoms with E-state index in [1.165, 1.54) is 13.2 Å². The van der Waals surface area contributed by atoms with Crippen LogP contribution in [0.25, 0.3) is 0 Å². The highest BCUT2D eigenvalue weighted by atomic mass is 16.3. The minimum Gasteiger partial charge on any atom is -0.393 e. The van der Waals surface area contributed by atoms with Gasteiger partial charge >= 0.3 is 5.69 Å². The van der Waals surface area contributed by atoms with Gasteiger partial charge in [-0.1, -0.05) is 6.07 Å². The maximum absolute atomic E-state index is 12.5. The summed E-state index contributed by atoms with van der Waals surface area (Å²) in [6.07, 6.45) is 4.38. The number of aromatic amines is 1. The van der Waals surface area contributed by atoms with Crippen LogP contribution in [-0.2, 0) is 24.7 Å². The Morgan fingerprint density at radius 3 is 2.85 bits per heavy atom. The van der Waals surface area contributed by atoms with Crippen LogP contribution in [0.15, 0.2) is 40.2 Å². The van der Waals surface area contributed by atoms with Crippen LogP contribution in [0.1, 0.15) is 24.1 Å². The lowest BCUT2D eigenvalue weighted by Gasteiger charge is -2.38. The van der Waals surface area contributed by atoms with Crippen molar-refractivity contribution in [1.29, 1.82) is 0 Å². The van der Waals surface area contributed by atoms with Crippen molar-refractivity contribution in [3.63, 3.8) is 0 Å². The number of aliphatic hydroxyl groups excluding tert-OH is 1. The minimum absolute atomic E-state index is 0.114. The van der Waals surface area contributed by atoms with E-state index in [4.69, 9.17) is 0 Å². The standard InChI is InChI=1S/C18H22N4O4/c1-22-17(25)12(10-20-18(22)26)8-16(24)21-15(11-6-14(23)7-11)9-13-4-2-3-5-19-13/h2-5,10-11,14-15,23H,6-9H2,1H3,(H,20,26)(H,21,24). The number of nitrogens with zero attached hydrogens (tertiary/aromatic N) is 2. The molecule has 3 N–H and O–H groups in total. The van der Waals surface area contributed by atoms with E-state index in [-0.39, 0.29) is 36.0 Å². The van der Waals surface area contributed by atoms with Crippen LogP contribution >= 0.6 is 0 Å². The normalized spacial score (nSPS) is 20.2. The Labute approximate surface area is 149 Å². The van der Waals surface area contributed by atoms with E-state index in [1.807, 2.05) is 18.2 Å². The zero-order valence-corrected chi connectivity index (χ0v) is 14.5. The summed E-state index contributed by atoms with van der Waals surface area (Å²) >= 11 is 0. The molecule has 0 spiro atoms. The van der Waals surface area contributed by atoms with Crippen LogP contribution in [0.4, 0.5) is 0 Å². The summed E-state index contributed by atoms with van der Waals surface area (Å²) in [6, 6.07) is 5.45. The lowest BCUT2D eigenvalue weighted by molar-refractivity contribution is -0.122. The summed E-state index contributed by atoms with van der Waals surface area (Å²) in [5.41, 5.74) is 0.0915. The van der Waals surface area contributed by atoms with Crippen molar-refractivity contribution in [3.05, 3.63) is 62.7 Å². The van der Waals surface area contributed by atoms with Gasteiger partial charge < -0.3 is 15.4 Å². The van der Waals surface area contributed by atoms with Gasteiger partial charge in [-0.25, -0.2) is 4.79 Å². The van der Waals surface area contributed by atoms with Crippen LogP contribution in [-0.4, -0.2) is 37.7 Å². The SMILES string of the molecule is Cn1c(=O)[nH]cc(CC(=O)NC(Cc2ccccn2)C2CC(O)C2)c1=O. The van der Waals surface area contributed by atoms with Gasteiger partial charge in [0.2, 0.25) is 5.91 Å². The molecule has 1 aliphatic rings. The van der Waals surface area contributed by atoms with Crippen molar-refractivity contribution < 1.29 is 9.90 Å². The van der Waals surface area contributed by atoms with E-state index in [0.29, 0.717) is 19.3 Å². The predicted molar refractivity (Wildman–Crippen MR) is 94.6 cm³/mol. The summed E-state index contributed by atoms with van der Waals surface area (Å²) in [7, 11) is 1.36. The number of aliphatic hydroxyl groups is 1. The summed E-state index contributed by atoms with van der Waals surface area (Å²) in [5, 5.41) is 12.6. The fraction of sp³-hybridized carbons (Fsp3) is 0.444. The Kier molecular flexibility index (Phi) is 5.32. The highest BCUT2D eigenvalue weighted by Gasteiger charge is 2.35. The van der Waals surface area contributed by atoms with Crippen LogP contribution < -0.4 is 16.6 Å². The number of nitrogens with one attached hydrogen (secondary N) is 2. The number of amides is 1. The van der Waals surface area contributed by atoms with Gasteiger partial charge in [0, 0.05) is 43.2 Å². The predicted octanol–water partition coefficient (Wildman–Crippen LogP) is -0.490. The average Bonchev–Trinajstić information content (AvgIpc) is 2.60. The van der Waals surface area contributed by atoms with Crippen molar-refractivity contribution >= 4 is 5.91 Å². The Bertz CT molecular complexity index is 884. The lowest BCUT2D eigenvalue weighted by Crippen LogP contribution is -2.49. The van der Waals surface area contributed by atoms with Crippen LogP contribution in [0.2, 0.25) is 0 Å². The number of carbonyl (C=O) groups is 1. The van der Waals surface area contributed by atoms with Gasteiger partial charge in [-0.15, -0.1) is 0 Å². The van der Waals surface area contributed by atoms with Crippen LogP contribution in [0, 0.1) is 5.92 Å². The Morgan fingerprint density at radius 1 is 1.42 bits per heavy atom. The van der Waals surface area contributed by atoms with Crippen LogP contribution in [0.3, 0.4) is 0 Å². The largest absolute Gasteiger partial charge is 0.393 e. The molecule has 0 aromatic carbocycles. The van der Waals surface area contributed by atoms with Crippen molar-refractivity contribution in [2.45, 2.75) is 37.8 Å². The lowest BCUT2D eigenvalue weighted by atomic mass is 9.76. The fourth-order valence-corrected chi connectivity index (χ4v) is 3.21. The third kappa shape index (κ3) is 4.08. The first kappa shape index (κ1) is 18.1. The Morgan fingerprint density at radius 2 is 2.19 bits per heavy atom. The highest BCUT2D eigenvalue weighted by molar-refractivity contribution is 5.78. The Balaban J connectivity index is 1.70. The third-order valence-corrected chi connectivity index (χ3v) is 4.83. The van der Waals surface area contributed by atoms with Crippen molar-refractivity contribution in [1.82, 2.24) is 19.9 Å². The van der Waals surface area contributed by atoms with E-state index < -0.39 is 11.2 Å². The van der Waals surface area contributed by atoms with Gasteiger partial charge in [-0.3, -0.25) is 19.1 Å². The van der Waals surface area contributed by atoms with E-state index in [1.54, 1.807) is 6.20 Å². The molecule has 2 aromatic heterocycles. The molecule has 1 saturated carbocycles. The quantitative estimate of drug-likeness (QED) is 0.644. The zero-order valence-electron chi connectivity index (χ0n) is 14.5. The third-order valence-electron chi connectivity index (χ3n) is 4.83. The van der Waals surface area contributed by atoms with E-state index in [9.17, 15) is 19.5 Å². The van der Waals surface area contributed by atoms with Gasteiger partial charge in [0.1, 0.15) is 0 Å². The van der Waals surface area contributed by atoms with Crippen LogP contribution in [0.5, 0.6) is 0 Å². The highest BCUT2D eigenvalue weighted by Crippen LogP contribution is 2.31.